The van der Waals surface area contributed by atoms with E-state index in [0.717, 1.165) is 29.9 Å². The van der Waals surface area contributed by atoms with Gasteiger partial charge in [0.25, 0.3) is 0 Å². The minimum Gasteiger partial charge on any atom is -0.376 e. The van der Waals surface area contributed by atoms with Gasteiger partial charge in [0.15, 0.2) is 0 Å². The molecule has 1 aromatic carbocycles. The van der Waals surface area contributed by atoms with Crippen LogP contribution in [0.4, 0.5) is 0 Å². The Labute approximate surface area is 171 Å². The molecule has 3 heterocycles. The monoisotopic (exact) mass is 415 g/mol. The van der Waals surface area contributed by atoms with Crippen molar-refractivity contribution in [3.05, 3.63) is 58.3 Å². The van der Waals surface area contributed by atoms with Gasteiger partial charge in [0.2, 0.25) is 11.1 Å². The van der Waals surface area contributed by atoms with Crippen LogP contribution >= 0.6 is 23.1 Å². The van der Waals surface area contributed by atoms with Crippen molar-refractivity contribution in [3.63, 3.8) is 0 Å². The van der Waals surface area contributed by atoms with Crippen molar-refractivity contribution in [1.82, 2.24) is 25.5 Å². The number of nitrogens with one attached hydrogen (secondary N) is 1. The normalized spacial score (nSPS) is 17.5. The average molecular weight is 416 g/mol. The number of ether oxygens (including phenoxy) is 1. The van der Waals surface area contributed by atoms with E-state index in [4.69, 9.17) is 4.74 Å². The predicted molar refractivity (Wildman–Crippen MR) is 108 cm³/mol. The zero-order valence-corrected chi connectivity index (χ0v) is 16.9. The second kappa shape index (κ2) is 9.31. The third-order valence-corrected chi connectivity index (χ3v) is 6.39. The molecule has 1 aliphatic rings. The van der Waals surface area contributed by atoms with Gasteiger partial charge in [0, 0.05) is 11.5 Å². The van der Waals surface area contributed by atoms with Crippen LogP contribution in [0.25, 0.3) is 0 Å². The molecule has 1 saturated heterocycles. The molecule has 3 aromatic rings. The number of hydrogen-bond acceptors (Lipinski definition) is 7. The molecular formula is C19H21N5O2S2. The fourth-order valence-corrected chi connectivity index (χ4v) is 4.65. The number of thioether (sulfide) groups is 1. The quantitative estimate of drug-likeness (QED) is 0.570. The van der Waals surface area contributed by atoms with Crippen LogP contribution in [0.1, 0.15) is 29.3 Å². The Bertz CT molecular complexity index is 879. The first-order chi connectivity index (χ1) is 13.8. The van der Waals surface area contributed by atoms with Gasteiger partial charge in [0.1, 0.15) is 0 Å². The van der Waals surface area contributed by atoms with Crippen molar-refractivity contribution in [3.8, 4) is 0 Å². The Balaban J connectivity index is 1.38. The van der Waals surface area contributed by atoms with E-state index < -0.39 is 0 Å². The lowest BCUT2D eigenvalue weighted by molar-refractivity contribution is -0.119. The summed E-state index contributed by atoms with van der Waals surface area (Å²) in [5, 5.41) is 17.6. The first kappa shape index (κ1) is 19.1. The lowest BCUT2D eigenvalue weighted by Gasteiger charge is -2.18. The summed E-state index contributed by atoms with van der Waals surface area (Å²) < 4.78 is 7.37. The fourth-order valence-electron chi connectivity index (χ4n) is 3.15. The number of nitrogens with zero attached hydrogens (tertiary/aromatic N) is 4. The minimum atomic E-state index is -0.155. The van der Waals surface area contributed by atoms with Crippen LogP contribution in [0.3, 0.4) is 0 Å². The summed E-state index contributed by atoms with van der Waals surface area (Å²) in [6.45, 7) is 1.42. The lowest BCUT2D eigenvalue weighted by Crippen LogP contribution is -2.30. The summed E-state index contributed by atoms with van der Waals surface area (Å²) in [4.78, 5) is 13.7. The van der Waals surface area contributed by atoms with E-state index in [9.17, 15) is 4.79 Å². The molecule has 0 radical (unpaired) electrons. The van der Waals surface area contributed by atoms with Gasteiger partial charge in [-0.2, -0.15) is 0 Å². The van der Waals surface area contributed by atoms with Gasteiger partial charge < -0.3 is 10.1 Å². The van der Waals surface area contributed by atoms with Gasteiger partial charge in [-0.1, -0.05) is 48.2 Å². The maximum atomic E-state index is 12.6. The van der Waals surface area contributed by atoms with E-state index in [0.29, 0.717) is 11.7 Å². The van der Waals surface area contributed by atoms with Gasteiger partial charge in [-0.05, 0) is 40.3 Å². The molecule has 0 aliphatic carbocycles. The number of amides is 1. The fraction of sp³-hybridized carbons (Fsp3) is 0.368. The molecule has 2 aromatic heterocycles. The Morgan fingerprint density at radius 1 is 1.32 bits per heavy atom. The van der Waals surface area contributed by atoms with Crippen LogP contribution in [0.2, 0.25) is 0 Å². The summed E-state index contributed by atoms with van der Waals surface area (Å²) in [5.74, 6) is 0.194. The Hall–Kier alpha value is -2.23. The number of carbonyl (C=O) groups excluding carboxylic acids is 1. The van der Waals surface area contributed by atoms with Crippen LogP contribution in [-0.4, -0.2) is 44.6 Å². The third kappa shape index (κ3) is 4.78. The minimum absolute atomic E-state index is 0.0566. The first-order valence-electron chi connectivity index (χ1n) is 9.18. The number of rotatable bonds is 8. The van der Waals surface area contributed by atoms with Crippen molar-refractivity contribution >= 4 is 29.0 Å². The van der Waals surface area contributed by atoms with E-state index in [1.165, 1.54) is 11.8 Å². The molecule has 2 atom stereocenters. The number of tetrazole rings is 1. The molecular weight excluding hydrogens is 394 g/mol. The van der Waals surface area contributed by atoms with Crippen molar-refractivity contribution in [1.29, 1.82) is 0 Å². The van der Waals surface area contributed by atoms with Crippen LogP contribution in [0.15, 0.2) is 53.0 Å². The van der Waals surface area contributed by atoms with Gasteiger partial charge >= 0.3 is 0 Å². The SMILES string of the molecule is O=C(CSc1nnnn1CC1CCCO1)NC(c1ccccc1)c1cccs1. The molecule has 9 heteroatoms. The highest BCUT2D eigenvalue weighted by Crippen LogP contribution is 2.26. The van der Waals surface area contributed by atoms with Crippen molar-refractivity contribution in [2.75, 3.05) is 12.4 Å². The molecule has 1 N–H and O–H groups in total. The molecule has 0 spiro atoms. The zero-order chi connectivity index (χ0) is 19.2. The maximum absolute atomic E-state index is 12.6. The Morgan fingerprint density at radius 3 is 2.96 bits per heavy atom. The maximum Gasteiger partial charge on any atom is 0.231 e. The second-order valence-electron chi connectivity index (χ2n) is 6.49. The number of aromatic nitrogens is 4. The molecule has 2 unspecified atom stereocenters. The molecule has 0 bridgehead atoms. The first-order valence-corrected chi connectivity index (χ1v) is 11.0. The number of thiophene rings is 1. The lowest BCUT2D eigenvalue weighted by atomic mass is 10.1. The molecule has 146 valence electrons. The molecule has 1 amide bonds. The van der Waals surface area contributed by atoms with Crippen LogP contribution in [-0.2, 0) is 16.1 Å². The molecule has 0 saturated carbocycles. The smallest absolute Gasteiger partial charge is 0.231 e. The summed E-state index contributed by atoms with van der Waals surface area (Å²) in [6, 6.07) is 13.9. The molecule has 28 heavy (non-hydrogen) atoms. The van der Waals surface area contributed by atoms with Gasteiger partial charge in [-0.25, -0.2) is 4.68 Å². The predicted octanol–water partition coefficient (Wildman–Crippen LogP) is 2.91. The van der Waals surface area contributed by atoms with Crippen LogP contribution in [0.5, 0.6) is 0 Å². The Kier molecular flexibility index (Phi) is 6.35. The molecule has 4 rings (SSSR count). The molecule has 1 fully saturated rings. The van der Waals surface area contributed by atoms with E-state index in [1.54, 1.807) is 16.0 Å². The Morgan fingerprint density at radius 2 is 2.21 bits per heavy atom. The second-order valence-corrected chi connectivity index (χ2v) is 8.42. The third-order valence-electron chi connectivity index (χ3n) is 4.50. The van der Waals surface area contributed by atoms with E-state index >= 15 is 0 Å². The summed E-state index contributed by atoms with van der Waals surface area (Å²) in [5.41, 5.74) is 1.06. The molecule has 1 aliphatic heterocycles. The van der Waals surface area contributed by atoms with Crippen LogP contribution < -0.4 is 5.32 Å². The highest BCUT2D eigenvalue weighted by atomic mass is 32.2. The highest BCUT2D eigenvalue weighted by molar-refractivity contribution is 7.99. The molecule has 7 nitrogen and oxygen atoms in total. The van der Waals surface area contributed by atoms with E-state index in [2.05, 4.69) is 20.8 Å². The van der Waals surface area contributed by atoms with Crippen LogP contribution in [0, 0.1) is 0 Å². The van der Waals surface area contributed by atoms with Gasteiger partial charge in [-0.15, -0.1) is 16.4 Å². The largest absolute Gasteiger partial charge is 0.376 e. The van der Waals surface area contributed by atoms with Gasteiger partial charge in [0.05, 0.1) is 24.4 Å². The number of benzene rings is 1. The summed E-state index contributed by atoms with van der Waals surface area (Å²) >= 11 is 2.97. The number of carbonyl (C=O) groups is 1. The van der Waals surface area contributed by atoms with E-state index in [-0.39, 0.29) is 23.8 Å². The van der Waals surface area contributed by atoms with Gasteiger partial charge in [-0.3, -0.25) is 4.79 Å². The van der Waals surface area contributed by atoms with Crippen molar-refractivity contribution < 1.29 is 9.53 Å². The van der Waals surface area contributed by atoms with Crippen molar-refractivity contribution in [2.24, 2.45) is 0 Å². The zero-order valence-electron chi connectivity index (χ0n) is 15.2. The van der Waals surface area contributed by atoms with E-state index in [1.807, 2.05) is 47.8 Å². The van der Waals surface area contributed by atoms with Crippen molar-refractivity contribution in [2.45, 2.75) is 36.7 Å². The highest BCUT2D eigenvalue weighted by Gasteiger charge is 2.21. The standard InChI is InChI=1S/C19H21N5O2S2/c25-17(13-28-19-21-22-23-24(19)12-15-8-4-10-26-15)20-18(16-9-5-11-27-16)14-6-2-1-3-7-14/h1-3,5-7,9,11,15,18H,4,8,10,12-13H2,(H,20,25). The summed E-state index contributed by atoms with van der Waals surface area (Å²) in [6.07, 6.45) is 2.24. The average Bonchev–Trinajstić information content (AvgIpc) is 3.49. The number of hydrogen-bond donors (Lipinski definition) is 1. The summed E-state index contributed by atoms with van der Waals surface area (Å²) in [7, 11) is 0. The topological polar surface area (TPSA) is 81.9 Å².